The molecular weight excluding hydrogens is 217 g/mol. The lowest BCUT2D eigenvalue weighted by molar-refractivity contribution is -0.388. The highest BCUT2D eigenvalue weighted by Crippen LogP contribution is 2.37. The van der Waals surface area contributed by atoms with Crippen molar-refractivity contribution >= 4 is 5.69 Å². The van der Waals surface area contributed by atoms with E-state index in [0.717, 1.165) is 6.07 Å². The molecule has 0 aliphatic rings. The van der Waals surface area contributed by atoms with Gasteiger partial charge >= 0.3 is 6.18 Å². The fraction of sp³-hybridized carbons (Fsp3) is 0.143. The Kier molecular flexibility index (Phi) is 2.80. The van der Waals surface area contributed by atoms with Crippen molar-refractivity contribution in [3.05, 3.63) is 33.9 Å². The van der Waals surface area contributed by atoms with Gasteiger partial charge in [0.2, 0.25) is 0 Å². The van der Waals surface area contributed by atoms with Crippen molar-refractivity contribution in [2.75, 3.05) is 0 Å². The molecule has 1 aromatic rings. The average Bonchev–Trinajstić information content (AvgIpc) is 2.15. The topological polar surface area (TPSA) is 78.4 Å². The van der Waals surface area contributed by atoms with Crippen molar-refractivity contribution in [1.82, 2.24) is 0 Å². The van der Waals surface area contributed by atoms with Crippen LogP contribution in [-0.2, 0) is 6.18 Å². The first-order valence-corrected chi connectivity index (χ1v) is 3.58. The van der Waals surface area contributed by atoms with Gasteiger partial charge in [-0.05, 0) is 12.1 Å². The van der Waals surface area contributed by atoms with Crippen LogP contribution >= 0.6 is 0 Å². The Morgan fingerprint density at radius 1 is 1.40 bits per heavy atom. The molecule has 0 aliphatic heterocycles. The van der Waals surface area contributed by atoms with Crippen LogP contribution in [0.5, 0.6) is 5.75 Å². The van der Waals surface area contributed by atoms with Crippen LogP contribution < -0.4 is 10.7 Å². The Morgan fingerprint density at radius 2 is 2.00 bits per heavy atom. The molecule has 0 amide bonds. The minimum absolute atomic E-state index is 0.213. The molecule has 2 N–H and O–H groups in total. The van der Waals surface area contributed by atoms with Crippen LogP contribution in [0.15, 0.2) is 18.2 Å². The second-order valence-corrected chi connectivity index (χ2v) is 2.55. The third kappa shape index (κ3) is 2.34. The van der Waals surface area contributed by atoms with Crippen molar-refractivity contribution in [3.63, 3.8) is 0 Å². The summed E-state index contributed by atoms with van der Waals surface area (Å²) in [4.78, 5) is 13.3. The summed E-state index contributed by atoms with van der Waals surface area (Å²) in [7, 11) is 0. The lowest BCUT2D eigenvalue weighted by Gasteiger charge is -2.07. The zero-order valence-corrected chi connectivity index (χ0v) is 7.12. The molecule has 0 heterocycles. The van der Waals surface area contributed by atoms with Crippen LogP contribution in [0.1, 0.15) is 5.56 Å². The third-order valence-corrected chi connectivity index (χ3v) is 1.61. The molecule has 0 unspecified atom stereocenters. The molecule has 5 nitrogen and oxygen atoms in total. The van der Waals surface area contributed by atoms with Crippen molar-refractivity contribution in [1.29, 1.82) is 0 Å². The quantitative estimate of drug-likeness (QED) is 0.611. The van der Waals surface area contributed by atoms with Crippen molar-refractivity contribution in [2.45, 2.75) is 6.18 Å². The molecule has 0 spiro atoms. The highest BCUT2D eigenvalue weighted by atomic mass is 19.4. The standard InChI is InChI=1S/C7H5F3N2O3/c8-7(9,10)5-2-1-4(15-11)3-6(5)12(13)14/h1-3H,11H2. The van der Waals surface area contributed by atoms with E-state index in [-0.39, 0.29) is 5.75 Å². The van der Waals surface area contributed by atoms with Gasteiger partial charge in [0.05, 0.1) is 11.0 Å². The predicted octanol–water partition coefficient (Wildman–Crippen LogP) is 1.87. The second kappa shape index (κ2) is 3.73. The molecule has 0 aliphatic carbocycles. The van der Waals surface area contributed by atoms with Crippen molar-refractivity contribution in [3.8, 4) is 5.75 Å². The largest absolute Gasteiger partial charge is 0.423 e. The molecule has 0 fully saturated rings. The lowest BCUT2D eigenvalue weighted by atomic mass is 10.1. The van der Waals surface area contributed by atoms with Crippen molar-refractivity contribution < 1.29 is 22.9 Å². The van der Waals surface area contributed by atoms with E-state index in [9.17, 15) is 23.3 Å². The molecule has 0 saturated carbocycles. The van der Waals surface area contributed by atoms with E-state index in [2.05, 4.69) is 10.7 Å². The zero-order valence-electron chi connectivity index (χ0n) is 7.12. The third-order valence-electron chi connectivity index (χ3n) is 1.61. The minimum atomic E-state index is -4.78. The first-order chi connectivity index (χ1) is 6.86. The lowest BCUT2D eigenvalue weighted by Crippen LogP contribution is -2.10. The molecule has 1 rings (SSSR count). The number of nitro groups is 1. The SMILES string of the molecule is NOc1ccc(C(F)(F)F)c([N+](=O)[O-])c1. The summed E-state index contributed by atoms with van der Waals surface area (Å²) in [6.07, 6.45) is -4.78. The Labute approximate surface area is 81.4 Å². The van der Waals surface area contributed by atoms with E-state index in [1.54, 1.807) is 0 Å². The van der Waals surface area contributed by atoms with Gasteiger partial charge in [0.1, 0.15) is 5.56 Å². The van der Waals surface area contributed by atoms with E-state index < -0.39 is 22.4 Å². The van der Waals surface area contributed by atoms with Gasteiger partial charge in [0.25, 0.3) is 5.69 Å². The molecule has 8 heteroatoms. The normalized spacial score (nSPS) is 11.2. The Morgan fingerprint density at radius 3 is 2.40 bits per heavy atom. The predicted molar refractivity (Wildman–Crippen MR) is 42.9 cm³/mol. The van der Waals surface area contributed by atoms with E-state index in [4.69, 9.17) is 0 Å². The van der Waals surface area contributed by atoms with Crippen molar-refractivity contribution in [2.24, 2.45) is 5.90 Å². The van der Waals surface area contributed by atoms with E-state index in [0.29, 0.717) is 12.1 Å². The summed E-state index contributed by atoms with van der Waals surface area (Å²) in [6, 6.07) is 2.05. The number of benzene rings is 1. The Balaban J connectivity index is 3.34. The van der Waals surface area contributed by atoms with E-state index in [1.807, 2.05) is 0 Å². The Hall–Kier alpha value is -1.83. The van der Waals surface area contributed by atoms with E-state index in [1.165, 1.54) is 0 Å². The first kappa shape index (κ1) is 11.2. The minimum Gasteiger partial charge on any atom is -0.411 e. The second-order valence-electron chi connectivity index (χ2n) is 2.55. The molecule has 0 radical (unpaired) electrons. The maximum Gasteiger partial charge on any atom is 0.423 e. The number of nitrogens with zero attached hydrogens (tertiary/aromatic N) is 1. The number of hydrogen-bond acceptors (Lipinski definition) is 4. The molecular formula is C7H5F3N2O3. The van der Waals surface area contributed by atoms with Crippen LogP contribution in [0.4, 0.5) is 18.9 Å². The summed E-state index contributed by atoms with van der Waals surface area (Å²) in [5.41, 5.74) is -2.43. The summed E-state index contributed by atoms with van der Waals surface area (Å²) in [5, 5.41) is 10.3. The highest BCUT2D eigenvalue weighted by Gasteiger charge is 2.38. The van der Waals surface area contributed by atoms with Gasteiger partial charge in [0, 0.05) is 0 Å². The van der Waals surface area contributed by atoms with Gasteiger partial charge in [-0.1, -0.05) is 0 Å². The maximum atomic E-state index is 12.3. The van der Waals surface area contributed by atoms with Gasteiger partial charge in [-0.25, -0.2) is 0 Å². The molecule has 0 atom stereocenters. The highest BCUT2D eigenvalue weighted by molar-refractivity contribution is 5.47. The van der Waals surface area contributed by atoms with Crippen LogP contribution in [0.2, 0.25) is 0 Å². The molecule has 1 aromatic carbocycles. The number of rotatable bonds is 2. The van der Waals surface area contributed by atoms with Crippen LogP contribution in [0.3, 0.4) is 0 Å². The van der Waals surface area contributed by atoms with Gasteiger partial charge in [-0.15, -0.1) is 0 Å². The zero-order chi connectivity index (χ0) is 11.6. The number of alkyl halides is 3. The number of nitro benzene ring substituents is 1. The van der Waals surface area contributed by atoms with Gasteiger partial charge in [-0.3, -0.25) is 10.1 Å². The van der Waals surface area contributed by atoms with E-state index >= 15 is 0 Å². The molecule has 0 aromatic heterocycles. The fourth-order valence-electron chi connectivity index (χ4n) is 0.976. The maximum absolute atomic E-state index is 12.3. The molecule has 15 heavy (non-hydrogen) atoms. The van der Waals surface area contributed by atoms with Crippen LogP contribution in [-0.4, -0.2) is 4.92 Å². The summed E-state index contributed by atoms with van der Waals surface area (Å²) < 4.78 is 36.8. The fourth-order valence-corrected chi connectivity index (χ4v) is 0.976. The average molecular weight is 222 g/mol. The van der Waals surface area contributed by atoms with Crippen LogP contribution in [0, 0.1) is 10.1 Å². The molecule has 0 bridgehead atoms. The number of hydrogen-bond donors (Lipinski definition) is 1. The first-order valence-electron chi connectivity index (χ1n) is 3.58. The van der Waals surface area contributed by atoms with Gasteiger partial charge in [-0.2, -0.15) is 19.1 Å². The summed E-state index contributed by atoms with van der Waals surface area (Å²) in [5.74, 6) is 4.46. The summed E-state index contributed by atoms with van der Waals surface area (Å²) in [6.45, 7) is 0. The monoisotopic (exact) mass is 222 g/mol. The number of nitrogens with two attached hydrogens (primary N) is 1. The smallest absolute Gasteiger partial charge is 0.411 e. The van der Waals surface area contributed by atoms with Gasteiger partial charge < -0.3 is 4.84 Å². The summed E-state index contributed by atoms with van der Waals surface area (Å²) >= 11 is 0. The van der Waals surface area contributed by atoms with Gasteiger partial charge in [0.15, 0.2) is 5.75 Å². The Bertz CT molecular complexity index is 392. The molecule has 0 saturated heterocycles. The van der Waals surface area contributed by atoms with Crippen LogP contribution in [0.25, 0.3) is 0 Å². The molecule has 82 valence electrons. The number of halogens is 3.